The Labute approximate surface area is 155 Å². The molecular weight excluding hydrogens is 348 g/mol. The highest BCUT2D eigenvalue weighted by molar-refractivity contribution is 6.18. The fraction of sp³-hybridized carbons (Fsp3) is 0.211. The fourth-order valence-corrected chi connectivity index (χ4v) is 2.92. The lowest BCUT2D eigenvalue weighted by atomic mass is 10.0. The number of aromatic nitrogens is 2. The van der Waals surface area contributed by atoms with Crippen molar-refractivity contribution in [2.24, 2.45) is 0 Å². The molecule has 4 rings (SSSR count). The van der Waals surface area contributed by atoms with Crippen LogP contribution in [0, 0.1) is 0 Å². The Balaban J connectivity index is 1.58. The second kappa shape index (κ2) is 6.31. The monoisotopic (exact) mass is 366 g/mol. The standard InChI is InChI=1S/C19H18N4O4/c1-12(14-8-5-11-26-14)23-16(9-10-20-23)22-18(25)19(2)17(24)21-13-6-3-4-7-15(13)27-19/h3-12H,1-2H3,(H,21,24)(H,22,25). The van der Waals surface area contributed by atoms with E-state index in [9.17, 15) is 9.59 Å². The van der Waals surface area contributed by atoms with Crippen LogP contribution >= 0.6 is 0 Å². The predicted molar refractivity (Wildman–Crippen MR) is 97.5 cm³/mol. The predicted octanol–water partition coefficient (Wildman–Crippen LogP) is 2.81. The van der Waals surface area contributed by atoms with Gasteiger partial charge in [0.05, 0.1) is 18.1 Å². The third-order valence-electron chi connectivity index (χ3n) is 4.55. The molecule has 2 aromatic heterocycles. The van der Waals surface area contributed by atoms with E-state index in [1.165, 1.54) is 6.92 Å². The van der Waals surface area contributed by atoms with Crippen LogP contribution in [0.4, 0.5) is 11.5 Å². The number of amides is 2. The molecule has 1 aromatic carbocycles. The third-order valence-corrected chi connectivity index (χ3v) is 4.55. The van der Waals surface area contributed by atoms with E-state index in [0.29, 0.717) is 23.0 Å². The quantitative estimate of drug-likeness (QED) is 0.692. The number of benzene rings is 1. The zero-order valence-electron chi connectivity index (χ0n) is 14.8. The molecule has 0 saturated carbocycles. The number of nitrogens with zero attached hydrogens (tertiary/aromatic N) is 2. The van der Waals surface area contributed by atoms with Crippen LogP contribution < -0.4 is 15.4 Å². The van der Waals surface area contributed by atoms with Gasteiger partial charge in [-0.15, -0.1) is 0 Å². The molecule has 2 atom stereocenters. The first-order chi connectivity index (χ1) is 13.0. The molecule has 2 unspecified atom stereocenters. The molecule has 0 fully saturated rings. The highest BCUT2D eigenvalue weighted by Gasteiger charge is 2.47. The third kappa shape index (κ3) is 2.84. The lowest BCUT2D eigenvalue weighted by molar-refractivity contribution is -0.143. The van der Waals surface area contributed by atoms with Gasteiger partial charge in [-0.1, -0.05) is 12.1 Å². The number of anilines is 2. The molecular formula is C19H18N4O4. The average molecular weight is 366 g/mol. The maximum Gasteiger partial charge on any atom is 0.279 e. The van der Waals surface area contributed by atoms with Gasteiger partial charge in [-0.25, -0.2) is 4.68 Å². The van der Waals surface area contributed by atoms with Crippen LogP contribution in [0.15, 0.2) is 59.3 Å². The highest BCUT2D eigenvalue weighted by Crippen LogP contribution is 2.34. The van der Waals surface area contributed by atoms with E-state index in [-0.39, 0.29) is 6.04 Å². The van der Waals surface area contributed by atoms with E-state index in [1.54, 1.807) is 53.5 Å². The largest absolute Gasteiger partial charge is 0.467 e. The number of ether oxygens (including phenoxy) is 1. The van der Waals surface area contributed by atoms with Gasteiger partial charge in [0, 0.05) is 6.07 Å². The van der Waals surface area contributed by atoms with Crippen LogP contribution in [0.1, 0.15) is 25.6 Å². The molecule has 2 N–H and O–H groups in total. The van der Waals surface area contributed by atoms with Gasteiger partial charge in [-0.2, -0.15) is 5.10 Å². The first-order valence-electron chi connectivity index (χ1n) is 8.47. The highest BCUT2D eigenvalue weighted by atomic mass is 16.5. The molecule has 8 nitrogen and oxygen atoms in total. The number of rotatable bonds is 4. The van der Waals surface area contributed by atoms with Crippen molar-refractivity contribution in [1.29, 1.82) is 0 Å². The van der Waals surface area contributed by atoms with Crippen molar-refractivity contribution >= 4 is 23.3 Å². The maximum atomic E-state index is 12.9. The molecule has 8 heteroatoms. The number of fused-ring (bicyclic) bond motifs is 1. The fourth-order valence-electron chi connectivity index (χ4n) is 2.92. The number of carbonyl (C=O) groups is 2. The Kier molecular flexibility index (Phi) is 3.95. The molecule has 0 radical (unpaired) electrons. The molecule has 1 aliphatic heterocycles. The van der Waals surface area contributed by atoms with E-state index in [0.717, 1.165) is 0 Å². The van der Waals surface area contributed by atoms with Gasteiger partial charge in [-0.05, 0) is 38.1 Å². The lowest BCUT2D eigenvalue weighted by Gasteiger charge is -2.33. The van der Waals surface area contributed by atoms with Gasteiger partial charge in [-0.3, -0.25) is 9.59 Å². The summed E-state index contributed by atoms with van der Waals surface area (Å²) in [5.74, 6) is 0.431. The molecule has 0 spiro atoms. The molecule has 0 aliphatic carbocycles. The molecule has 0 saturated heterocycles. The molecule has 1 aliphatic rings. The normalized spacial score (nSPS) is 19.6. The van der Waals surface area contributed by atoms with Crippen molar-refractivity contribution in [3.8, 4) is 5.75 Å². The van der Waals surface area contributed by atoms with E-state index in [2.05, 4.69) is 15.7 Å². The van der Waals surface area contributed by atoms with Crippen molar-refractivity contribution in [3.63, 3.8) is 0 Å². The van der Waals surface area contributed by atoms with Crippen LogP contribution in [0.25, 0.3) is 0 Å². The number of para-hydroxylation sites is 2. The molecule has 3 heterocycles. The summed E-state index contributed by atoms with van der Waals surface area (Å²) in [4.78, 5) is 25.4. The molecule has 2 amide bonds. The lowest BCUT2D eigenvalue weighted by Crippen LogP contribution is -2.56. The Morgan fingerprint density at radius 1 is 1.26 bits per heavy atom. The van der Waals surface area contributed by atoms with Gasteiger partial charge in [0.2, 0.25) is 0 Å². The summed E-state index contributed by atoms with van der Waals surface area (Å²) < 4.78 is 12.8. The summed E-state index contributed by atoms with van der Waals surface area (Å²) in [6.07, 6.45) is 3.14. The maximum absolute atomic E-state index is 12.9. The number of hydrogen-bond donors (Lipinski definition) is 2. The van der Waals surface area contributed by atoms with E-state index < -0.39 is 17.4 Å². The minimum absolute atomic E-state index is 0.236. The van der Waals surface area contributed by atoms with Crippen molar-refractivity contribution < 1.29 is 18.7 Å². The van der Waals surface area contributed by atoms with E-state index >= 15 is 0 Å². The Morgan fingerprint density at radius 2 is 2.07 bits per heavy atom. The van der Waals surface area contributed by atoms with Crippen LogP contribution in [0.2, 0.25) is 0 Å². The number of furan rings is 1. The summed E-state index contributed by atoms with van der Waals surface area (Å²) in [7, 11) is 0. The Bertz CT molecular complexity index is 995. The summed E-state index contributed by atoms with van der Waals surface area (Å²) in [6, 6.07) is 12.0. The van der Waals surface area contributed by atoms with Crippen LogP contribution in [0.5, 0.6) is 5.75 Å². The second-order valence-corrected chi connectivity index (χ2v) is 6.39. The van der Waals surface area contributed by atoms with Crippen molar-refractivity contribution in [2.45, 2.75) is 25.5 Å². The smallest absolute Gasteiger partial charge is 0.279 e. The van der Waals surface area contributed by atoms with Gasteiger partial charge in [0.25, 0.3) is 17.4 Å². The minimum Gasteiger partial charge on any atom is -0.467 e. The summed E-state index contributed by atoms with van der Waals surface area (Å²) >= 11 is 0. The minimum atomic E-state index is -1.71. The van der Waals surface area contributed by atoms with Crippen molar-refractivity contribution in [1.82, 2.24) is 9.78 Å². The van der Waals surface area contributed by atoms with Gasteiger partial charge in [0.15, 0.2) is 0 Å². The zero-order valence-corrected chi connectivity index (χ0v) is 14.8. The topological polar surface area (TPSA) is 98.4 Å². The number of nitrogens with one attached hydrogen (secondary N) is 2. The second-order valence-electron chi connectivity index (χ2n) is 6.39. The summed E-state index contributed by atoms with van der Waals surface area (Å²) in [6.45, 7) is 3.33. The van der Waals surface area contributed by atoms with Crippen LogP contribution in [-0.4, -0.2) is 27.2 Å². The van der Waals surface area contributed by atoms with Crippen molar-refractivity contribution in [2.75, 3.05) is 10.6 Å². The first kappa shape index (κ1) is 16.9. The molecule has 138 valence electrons. The number of carbonyl (C=O) groups excluding carboxylic acids is 2. The average Bonchev–Trinajstić information content (AvgIpc) is 3.34. The van der Waals surface area contributed by atoms with Gasteiger partial charge in [0.1, 0.15) is 23.4 Å². The van der Waals surface area contributed by atoms with Gasteiger partial charge >= 0.3 is 0 Å². The van der Waals surface area contributed by atoms with Crippen LogP contribution in [-0.2, 0) is 9.59 Å². The Morgan fingerprint density at radius 3 is 2.85 bits per heavy atom. The zero-order chi connectivity index (χ0) is 19.0. The Hall–Kier alpha value is -3.55. The summed E-state index contributed by atoms with van der Waals surface area (Å²) in [5.41, 5.74) is -1.18. The molecule has 3 aromatic rings. The van der Waals surface area contributed by atoms with Crippen LogP contribution in [0.3, 0.4) is 0 Å². The van der Waals surface area contributed by atoms with Crippen molar-refractivity contribution in [3.05, 3.63) is 60.7 Å². The SMILES string of the molecule is CC(c1ccco1)n1nccc1NC(=O)C1(C)Oc2ccccc2NC1=O. The first-order valence-corrected chi connectivity index (χ1v) is 8.47. The van der Waals surface area contributed by atoms with Gasteiger partial charge < -0.3 is 19.8 Å². The summed E-state index contributed by atoms with van der Waals surface area (Å²) in [5, 5.41) is 9.70. The van der Waals surface area contributed by atoms with E-state index in [1.807, 2.05) is 13.0 Å². The van der Waals surface area contributed by atoms with E-state index in [4.69, 9.17) is 9.15 Å². The number of hydrogen-bond acceptors (Lipinski definition) is 5. The molecule has 0 bridgehead atoms. The molecule has 27 heavy (non-hydrogen) atoms.